The van der Waals surface area contributed by atoms with Gasteiger partial charge in [0.15, 0.2) is 0 Å². The van der Waals surface area contributed by atoms with E-state index in [0.29, 0.717) is 6.54 Å². The summed E-state index contributed by atoms with van der Waals surface area (Å²) in [7, 11) is 0. The van der Waals surface area contributed by atoms with Gasteiger partial charge in [0.2, 0.25) is 0 Å². The van der Waals surface area contributed by atoms with E-state index >= 15 is 0 Å². The molecule has 21 heavy (non-hydrogen) atoms. The van der Waals surface area contributed by atoms with Crippen molar-refractivity contribution in [2.24, 2.45) is 5.41 Å². The Labute approximate surface area is 126 Å². The first-order chi connectivity index (χ1) is 9.85. The van der Waals surface area contributed by atoms with Crippen LogP contribution < -0.4 is 10.6 Å². The van der Waals surface area contributed by atoms with Crippen molar-refractivity contribution in [3.05, 3.63) is 48.0 Å². The predicted octanol–water partition coefficient (Wildman–Crippen LogP) is 4.25. The predicted molar refractivity (Wildman–Crippen MR) is 88.4 cm³/mol. The Hall–Kier alpha value is -2.03. The molecular formula is C18H24N2O. The molecule has 2 amide bonds. The SMILES string of the molecule is CC(NC(=O)NCC(C)(C)C)c1ccc2ccccc2c1. The number of fused-ring (bicyclic) bond motifs is 1. The maximum Gasteiger partial charge on any atom is 0.315 e. The fourth-order valence-corrected chi connectivity index (χ4v) is 2.15. The van der Waals surface area contributed by atoms with Crippen molar-refractivity contribution in [2.75, 3.05) is 6.54 Å². The lowest BCUT2D eigenvalue weighted by Crippen LogP contribution is -2.40. The highest BCUT2D eigenvalue weighted by molar-refractivity contribution is 5.83. The summed E-state index contributed by atoms with van der Waals surface area (Å²) in [5.41, 5.74) is 1.20. The minimum Gasteiger partial charge on any atom is -0.338 e. The summed E-state index contributed by atoms with van der Waals surface area (Å²) in [6, 6.07) is 14.4. The number of hydrogen-bond acceptors (Lipinski definition) is 1. The first-order valence-electron chi connectivity index (χ1n) is 7.38. The van der Waals surface area contributed by atoms with Gasteiger partial charge < -0.3 is 10.6 Å². The van der Waals surface area contributed by atoms with Gasteiger partial charge in [0.25, 0.3) is 0 Å². The van der Waals surface area contributed by atoms with E-state index in [9.17, 15) is 4.79 Å². The first-order valence-corrected chi connectivity index (χ1v) is 7.38. The molecule has 2 N–H and O–H groups in total. The summed E-state index contributed by atoms with van der Waals surface area (Å²) in [6.45, 7) is 8.95. The molecule has 0 aliphatic carbocycles. The van der Waals surface area contributed by atoms with E-state index in [1.54, 1.807) is 0 Å². The van der Waals surface area contributed by atoms with E-state index in [0.717, 1.165) is 5.56 Å². The molecule has 0 saturated heterocycles. The highest BCUT2D eigenvalue weighted by Crippen LogP contribution is 2.20. The lowest BCUT2D eigenvalue weighted by molar-refractivity contribution is 0.232. The third-order valence-electron chi connectivity index (χ3n) is 3.40. The molecule has 3 heteroatoms. The molecule has 2 rings (SSSR count). The van der Waals surface area contributed by atoms with Crippen LogP contribution in [0.4, 0.5) is 4.79 Å². The molecule has 3 nitrogen and oxygen atoms in total. The molecule has 112 valence electrons. The molecule has 0 fully saturated rings. The first kappa shape index (κ1) is 15.4. The van der Waals surface area contributed by atoms with E-state index in [1.165, 1.54) is 10.8 Å². The van der Waals surface area contributed by atoms with Gasteiger partial charge >= 0.3 is 6.03 Å². The number of amides is 2. The molecule has 0 bridgehead atoms. The average Bonchev–Trinajstić information content (AvgIpc) is 2.44. The summed E-state index contributed by atoms with van der Waals surface area (Å²) < 4.78 is 0. The highest BCUT2D eigenvalue weighted by Gasteiger charge is 2.14. The van der Waals surface area contributed by atoms with Gasteiger partial charge in [-0.15, -0.1) is 0 Å². The van der Waals surface area contributed by atoms with Crippen molar-refractivity contribution in [1.29, 1.82) is 0 Å². The van der Waals surface area contributed by atoms with E-state index in [2.05, 4.69) is 61.7 Å². The lowest BCUT2D eigenvalue weighted by atomic mass is 9.97. The van der Waals surface area contributed by atoms with Gasteiger partial charge in [0, 0.05) is 6.54 Å². The average molecular weight is 284 g/mol. The van der Waals surface area contributed by atoms with Gasteiger partial charge in [-0.05, 0) is 34.7 Å². The number of carbonyl (C=O) groups is 1. The summed E-state index contributed by atoms with van der Waals surface area (Å²) in [5.74, 6) is 0. The van der Waals surface area contributed by atoms with Crippen LogP contribution in [0.1, 0.15) is 39.3 Å². The van der Waals surface area contributed by atoms with E-state index in [4.69, 9.17) is 0 Å². The van der Waals surface area contributed by atoms with E-state index < -0.39 is 0 Å². The second kappa shape index (κ2) is 6.17. The zero-order valence-corrected chi connectivity index (χ0v) is 13.2. The fourth-order valence-electron chi connectivity index (χ4n) is 2.15. The highest BCUT2D eigenvalue weighted by atomic mass is 16.2. The van der Waals surface area contributed by atoms with Crippen molar-refractivity contribution in [2.45, 2.75) is 33.7 Å². The standard InChI is InChI=1S/C18H24N2O/c1-13(20-17(21)19-12-18(2,3)4)15-10-9-14-7-5-6-8-16(14)11-15/h5-11,13H,12H2,1-4H3,(H2,19,20,21). The number of urea groups is 1. The largest absolute Gasteiger partial charge is 0.338 e. The smallest absolute Gasteiger partial charge is 0.315 e. The fraction of sp³-hybridized carbons (Fsp3) is 0.389. The van der Waals surface area contributed by atoms with Crippen LogP contribution in [-0.2, 0) is 0 Å². The van der Waals surface area contributed by atoms with Gasteiger partial charge in [0.1, 0.15) is 0 Å². The quantitative estimate of drug-likeness (QED) is 0.869. The molecule has 0 aliphatic rings. The van der Waals surface area contributed by atoms with Crippen molar-refractivity contribution >= 4 is 16.8 Å². The summed E-state index contributed by atoms with van der Waals surface area (Å²) in [4.78, 5) is 11.9. The Kier molecular flexibility index (Phi) is 4.51. The normalized spacial score (nSPS) is 13.0. The molecule has 0 aromatic heterocycles. The lowest BCUT2D eigenvalue weighted by Gasteiger charge is -2.21. The van der Waals surface area contributed by atoms with Crippen molar-refractivity contribution in [1.82, 2.24) is 10.6 Å². The number of benzene rings is 2. The van der Waals surface area contributed by atoms with Gasteiger partial charge in [-0.25, -0.2) is 4.79 Å². The molecule has 0 saturated carbocycles. The molecule has 0 radical (unpaired) electrons. The maximum atomic E-state index is 11.9. The Morgan fingerprint density at radius 3 is 2.43 bits per heavy atom. The minimum atomic E-state index is -0.120. The number of carbonyl (C=O) groups excluding carboxylic acids is 1. The number of nitrogens with one attached hydrogen (secondary N) is 2. The third-order valence-corrected chi connectivity index (χ3v) is 3.40. The van der Waals surface area contributed by atoms with Crippen molar-refractivity contribution < 1.29 is 4.79 Å². The second-order valence-electron chi connectivity index (χ2n) is 6.72. The van der Waals surface area contributed by atoms with E-state index in [1.807, 2.05) is 19.1 Å². The zero-order valence-electron chi connectivity index (χ0n) is 13.2. The molecule has 1 unspecified atom stereocenters. The zero-order chi connectivity index (χ0) is 15.5. The summed E-state index contributed by atoms with van der Waals surface area (Å²) in [5, 5.41) is 8.30. The van der Waals surface area contributed by atoms with Crippen LogP contribution in [0.3, 0.4) is 0 Å². The molecule has 1 atom stereocenters. The molecule has 0 heterocycles. The van der Waals surface area contributed by atoms with E-state index in [-0.39, 0.29) is 17.5 Å². The Morgan fingerprint density at radius 2 is 1.76 bits per heavy atom. The molecule has 0 spiro atoms. The summed E-state index contributed by atoms with van der Waals surface area (Å²) >= 11 is 0. The molecule has 0 aliphatic heterocycles. The minimum absolute atomic E-state index is 0.0189. The monoisotopic (exact) mass is 284 g/mol. The number of rotatable bonds is 3. The summed E-state index contributed by atoms with van der Waals surface area (Å²) in [6.07, 6.45) is 0. The third kappa shape index (κ3) is 4.48. The number of hydrogen-bond donors (Lipinski definition) is 2. The maximum absolute atomic E-state index is 11.9. The van der Waals surface area contributed by atoms with Crippen LogP contribution in [0.5, 0.6) is 0 Å². The Bertz CT molecular complexity index is 628. The van der Waals surface area contributed by atoms with Crippen LogP contribution in [0.15, 0.2) is 42.5 Å². The second-order valence-corrected chi connectivity index (χ2v) is 6.72. The Morgan fingerprint density at radius 1 is 1.10 bits per heavy atom. The van der Waals surface area contributed by atoms with Crippen molar-refractivity contribution in [3.8, 4) is 0 Å². The van der Waals surface area contributed by atoms with Crippen LogP contribution in [0, 0.1) is 5.41 Å². The van der Waals surface area contributed by atoms with Gasteiger partial charge in [-0.1, -0.05) is 57.2 Å². The van der Waals surface area contributed by atoms with Crippen LogP contribution in [-0.4, -0.2) is 12.6 Å². The Balaban J connectivity index is 2.01. The van der Waals surface area contributed by atoms with Crippen LogP contribution in [0.25, 0.3) is 10.8 Å². The molecular weight excluding hydrogens is 260 g/mol. The van der Waals surface area contributed by atoms with Gasteiger partial charge in [0.05, 0.1) is 6.04 Å². The topological polar surface area (TPSA) is 41.1 Å². The van der Waals surface area contributed by atoms with Gasteiger partial charge in [-0.3, -0.25) is 0 Å². The van der Waals surface area contributed by atoms with Crippen LogP contribution in [0.2, 0.25) is 0 Å². The van der Waals surface area contributed by atoms with Gasteiger partial charge in [-0.2, -0.15) is 0 Å². The van der Waals surface area contributed by atoms with Crippen LogP contribution >= 0.6 is 0 Å². The molecule has 2 aromatic carbocycles. The molecule has 2 aromatic rings. The van der Waals surface area contributed by atoms with Crippen molar-refractivity contribution in [3.63, 3.8) is 0 Å².